The molecule has 0 radical (unpaired) electrons. The monoisotopic (exact) mass is 626 g/mol. The van der Waals surface area contributed by atoms with Gasteiger partial charge in [0.15, 0.2) is 0 Å². The second-order valence-corrected chi connectivity index (χ2v) is 11.8. The number of nitrogens with one attached hydrogen (secondary N) is 2. The minimum Gasteiger partial charge on any atom is -0.480 e. The Balaban J connectivity index is 1.29. The highest BCUT2D eigenvalue weighted by Crippen LogP contribution is 2.37. The molecule has 2 amide bonds. The van der Waals surface area contributed by atoms with Crippen molar-refractivity contribution in [1.29, 1.82) is 0 Å². The Kier molecular flexibility index (Phi) is 10.2. The van der Waals surface area contributed by atoms with E-state index in [1.807, 2.05) is 146 Å². The van der Waals surface area contributed by atoms with Gasteiger partial charge < -0.3 is 20.5 Å². The Morgan fingerprint density at radius 2 is 1.04 bits per heavy atom. The lowest BCUT2D eigenvalue weighted by molar-refractivity contribution is -0.139. The van der Waals surface area contributed by atoms with Gasteiger partial charge >= 0.3 is 12.1 Å². The van der Waals surface area contributed by atoms with E-state index in [0.29, 0.717) is 0 Å². The number of alkyl carbamates (subject to hydrolysis) is 1. The lowest BCUT2D eigenvalue weighted by Gasteiger charge is -2.37. The van der Waals surface area contributed by atoms with Crippen molar-refractivity contribution in [2.75, 3.05) is 0 Å². The Morgan fingerprint density at radius 1 is 0.617 bits per heavy atom. The zero-order valence-corrected chi connectivity index (χ0v) is 26.4. The van der Waals surface area contributed by atoms with Crippen LogP contribution >= 0.6 is 0 Å². The molecule has 5 aromatic carbocycles. The van der Waals surface area contributed by atoms with E-state index in [2.05, 4.69) is 10.6 Å². The SMILES string of the molecule is CC(C)(OC(=O)N[C@@H](CCC(=O)NC(c1ccccc1)(c1ccccc1)c1ccccc1)C(=O)O)c1ccc(-c2ccccc2)cc1. The molecular formula is C40H38N2O5. The largest absolute Gasteiger partial charge is 0.480 e. The van der Waals surface area contributed by atoms with Crippen LogP contribution in [0.4, 0.5) is 4.79 Å². The van der Waals surface area contributed by atoms with Gasteiger partial charge in [-0.3, -0.25) is 4.79 Å². The second kappa shape index (κ2) is 14.6. The first-order valence-corrected chi connectivity index (χ1v) is 15.5. The van der Waals surface area contributed by atoms with Crippen LogP contribution in [0.15, 0.2) is 146 Å². The molecule has 0 aromatic heterocycles. The summed E-state index contributed by atoms with van der Waals surface area (Å²) in [6.45, 7) is 3.48. The molecule has 0 spiro atoms. The first-order valence-electron chi connectivity index (χ1n) is 15.5. The highest BCUT2D eigenvalue weighted by atomic mass is 16.6. The maximum Gasteiger partial charge on any atom is 0.408 e. The lowest BCUT2D eigenvalue weighted by Crippen LogP contribution is -2.49. The molecule has 0 heterocycles. The van der Waals surface area contributed by atoms with Crippen molar-refractivity contribution in [1.82, 2.24) is 10.6 Å². The summed E-state index contributed by atoms with van der Waals surface area (Å²) in [4.78, 5) is 38.9. The fourth-order valence-corrected chi connectivity index (χ4v) is 5.74. The average Bonchev–Trinajstić information content (AvgIpc) is 3.10. The van der Waals surface area contributed by atoms with E-state index in [1.165, 1.54) is 0 Å². The Labute approximate surface area is 275 Å². The first kappa shape index (κ1) is 32.7. The molecule has 5 rings (SSSR count). The van der Waals surface area contributed by atoms with E-state index >= 15 is 0 Å². The lowest BCUT2D eigenvalue weighted by atomic mass is 9.77. The molecule has 0 fully saturated rings. The molecular weight excluding hydrogens is 588 g/mol. The topological polar surface area (TPSA) is 105 Å². The number of aliphatic carboxylic acids is 1. The van der Waals surface area contributed by atoms with Gasteiger partial charge in [-0.05, 0) is 53.6 Å². The van der Waals surface area contributed by atoms with Crippen molar-refractivity contribution in [3.05, 3.63) is 168 Å². The van der Waals surface area contributed by atoms with Gasteiger partial charge in [-0.2, -0.15) is 0 Å². The molecule has 5 aromatic rings. The number of ether oxygens (including phenoxy) is 1. The zero-order valence-electron chi connectivity index (χ0n) is 26.4. The zero-order chi connectivity index (χ0) is 33.3. The molecule has 238 valence electrons. The van der Waals surface area contributed by atoms with E-state index in [1.54, 1.807) is 13.8 Å². The van der Waals surface area contributed by atoms with Crippen LogP contribution in [0.2, 0.25) is 0 Å². The summed E-state index contributed by atoms with van der Waals surface area (Å²) >= 11 is 0. The minimum atomic E-state index is -1.34. The second-order valence-electron chi connectivity index (χ2n) is 11.8. The number of carbonyl (C=O) groups is 3. The van der Waals surface area contributed by atoms with Crippen LogP contribution in [0.5, 0.6) is 0 Å². The van der Waals surface area contributed by atoms with Crippen molar-refractivity contribution in [2.24, 2.45) is 0 Å². The molecule has 0 aliphatic rings. The molecule has 0 saturated heterocycles. The quantitative estimate of drug-likeness (QED) is 0.123. The number of hydrogen-bond donors (Lipinski definition) is 3. The van der Waals surface area contributed by atoms with Crippen molar-refractivity contribution in [3.8, 4) is 11.1 Å². The average molecular weight is 627 g/mol. The summed E-state index contributed by atoms with van der Waals surface area (Å²) in [5.41, 5.74) is 3.31. The molecule has 0 aliphatic carbocycles. The Hall–Kier alpha value is -5.69. The van der Waals surface area contributed by atoms with Crippen LogP contribution in [0, 0.1) is 0 Å². The third-order valence-corrected chi connectivity index (χ3v) is 8.23. The standard InChI is InChI=1S/C40H38N2O5/c1-39(2,31-25-23-30(24-26-31)29-15-7-3-8-16-29)47-38(46)41-35(37(44)45)27-28-36(43)42-40(32-17-9-4-10-18-32,33-19-11-5-12-20-33)34-21-13-6-14-22-34/h3-26,35H,27-28H2,1-2H3,(H,41,46)(H,42,43)(H,44,45)/t35-/m0/s1. The van der Waals surface area contributed by atoms with Crippen LogP contribution in [0.1, 0.15) is 48.9 Å². The summed E-state index contributed by atoms with van der Waals surface area (Å²) in [5.74, 6) is -1.64. The summed E-state index contributed by atoms with van der Waals surface area (Å²) in [7, 11) is 0. The van der Waals surface area contributed by atoms with Gasteiger partial charge in [0.1, 0.15) is 17.2 Å². The summed E-state index contributed by atoms with van der Waals surface area (Å²) in [6, 6.07) is 45.2. The molecule has 3 N–H and O–H groups in total. The fourth-order valence-electron chi connectivity index (χ4n) is 5.74. The van der Waals surface area contributed by atoms with Crippen molar-refractivity contribution >= 4 is 18.0 Å². The number of carbonyl (C=O) groups excluding carboxylic acids is 2. The molecule has 0 aliphatic heterocycles. The molecule has 1 atom stereocenters. The highest BCUT2D eigenvalue weighted by molar-refractivity contribution is 5.83. The molecule has 0 bridgehead atoms. The Bertz CT molecular complexity index is 1680. The van der Waals surface area contributed by atoms with E-state index < -0.39 is 29.2 Å². The summed E-state index contributed by atoms with van der Waals surface area (Å²) in [5, 5.41) is 15.6. The summed E-state index contributed by atoms with van der Waals surface area (Å²) in [6.07, 6.45) is -1.19. The van der Waals surface area contributed by atoms with Crippen molar-refractivity contribution in [2.45, 2.75) is 43.9 Å². The molecule has 7 nitrogen and oxygen atoms in total. The fraction of sp³-hybridized carbons (Fsp3) is 0.175. The minimum absolute atomic E-state index is 0.142. The number of hydrogen-bond acceptors (Lipinski definition) is 4. The van der Waals surface area contributed by atoms with Crippen LogP contribution in [0.25, 0.3) is 11.1 Å². The van der Waals surface area contributed by atoms with E-state index in [9.17, 15) is 19.5 Å². The van der Waals surface area contributed by atoms with Crippen molar-refractivity contribution in [3.63, 3.8) is 0 Å². The number of rotatable bonds is 12. The normalized spacial score (nSPS) is 12.0. The number of amides is 2. The smallest absolute Gasteiger partial charge is 0.408 e. The molecule has 47 heavy (non-hydrogen) atoms. The number of carboxylic acid groups (broad SMARTS) is 1. The van der Waals surface area contributed by atoms with Gasteiger partial charge in [-0.15, -0.1) is 0 Å². The van der Waals surface area contributed by atoms with Gasteiger partial charge in [-0.25, -0.2) is 9.59 Å². The first-order chi connectivity index (χ1) is 22.7. The summed E-state index contributed by atoms with van der Waals surface area (Å²) < 4.78 is 5.70. The number of carboxylic acids is 1. The predicted molar refractivity (Wildman–Crippen MR) is 183 cm³/mol. The van der Waals surface area contributed by atoms with Crippen LogP contribution in [-0.2, 0) is 25.5 Å². The van der Waals surface area contributed by atoms with E-state index in [-0.39, 0.29) is 18.7 Å². The Morgan fingerprint density at radius 3 is 1.49 bits per heavy atom. The maximum atomic E-state index is 13.7. The van der Waals surface area contributed by atoms with Gasteiger partial charge in [0.05, 0.1) is 0 Å². The van der Waals surface area contributed by atoms with Crippen LogP contribution < -0.4 is 10.6 Å². The van der Waals surface area contributed by atoms with E-state index in [0.717, 1.165) is 33.4 Å². The highest BCUT2D eigenvalue weighted by Gasteiger charge is 2.38. The third kappa shape index (κ3) is 7.76. The number of benzene rings is 5. The molecule has 0 unspecified atom stereocenters. The van der Waals surface area contributed by atoms with Gasteiger partial charge in [0, 0.05) is 6.42 Å². The van der Waals surface area contributed by atoms with E-state index in [4.69, 9.17) is 4.74 Å². The van der Waals surface area contributed by atoms with Crippen LogP contribution in [0.3, 0.4) is 0 Å². The predicted octanol–water partition coefficient (Wildman–Crippen LogP) is 7.66. The van der Waals surface area contributed by atoms with Gasteiger partial charge in [-0.1, -0.05) is 146 Å². The molecule has 7 heteroatoms. The van der Waals surface area contributed by atoms with Crippen LogP contribution in [-0.4, -0.2) is 29.1 Å². The van der Waals surface area contributed by atoms with Gasteiger partial charge in [0.2, 0.25) is 5.91 Å². The maximum absolute atomic E-state index is 13.7. The van der Waals surface area contributed by atoms with Crippen molar-refractivity contribution < 1.29 is 24.2 Å². The molecule has 0 saturated carbocycles. The third-order valence-electron chi connectivity index (χ3n) is 8.23. The van der Waals surface area contributed by atoms with Gasteiger partial charge in [0.25, 0.3) is 0 Å².